The summed E-state index contributed by atoms with van der Waals surface area (Å²) in [7, 11) is 0. The van der Waals surface area contributed by atoms with Crippen LogP contribution in [0.3, 0.4) is 0 Å². The first-order chi connectivity index (χ1) is 13.6. The predicted octanol–water partition coefficient (Wildman–Crippen LogP) is 5.04. The molecule has 0 radical (unpaired) electrons. The van der Waals surface area contributed by atoms with Gasteiger partial charge in [-0.2, -0.15) is 5.10 Å². The summed E-state index contributed by atoms with van der Waals surface area (Å²) in [6.45, 7) is 1.78. The van der Waals surface area contributed by atoms with E-state index >= 15 is 0 Å². The van der Waals surface area contributed by atoms with Gasteiger partial charge in [-0.15, -0.1) is 0 Å². The van der Waals surface area contributed by atoms with Crippen molar-refractivity contribution in [2.24, 2.45) is 5.10 Å². The van der Waals surface area contributed by atoms with Crippen LogP contribution in [0, 0.1) is 0 Å². The molecular weight excluding hydrogens is 372 g/mol. The molecule has 1 N–H and O–H groups in total. The molecule has 3 aromatic carbocycles. The number of amides is 1. The van der Waals surface area contributed by atoms with Crippen molar-refractivity contribution in [2.75, 3.05) is 6.61 Å². The zero-order chi connectivity index (χ0) is 19.8. The van der Waals surface area contributed by atoms with Gasteiger partial charge in [-0.3, -0.25) is 4.79 Å². The van der Waals surface area contributed by atoms with E-state index in [0.29, 0.717) is 10.8 Å². The molecule has 1 amide bonds. The highest BCUT2D eigenvalue weighted by Crippen LogP contribution is 2.26. The number of hydrogen-bond donors (Lipinski definition) is 1. The van der Waals surface area contributed by atoms with Gasteiger partial charge in [0.15, 0.2) is 6.61 Å². The van der Waals surface area contributed by atoms with Gasteiger partial charge in [0.25, 0.3) is 5.91 Å². The Morgan fingerprint density at radius 3 is 2.00 bits per heavy atom. The van der Waals surface area contributed by atoms with Crippen molar-refractivity contribution < 1.29 is 9.53 Å². The van der Waals surface area contributed by atoms with Gasteiger partial charge < -0.3 is 4.74 Å². The third-order valence-corrected chi connectivity index (χ3v) is 4.48. The van der Waals surface area contributed by atoms with E-state index in [1.165, 1.54) is 0 Å². The highest BCUT2D eigenvalue weighted by Gasteiger charge is 2.17. The fourth-order valence-electron chi connectivity index (χ4n) is 2.89. The second-order valence-electron chi connectivity index (χ2n) is 6.29. The SMILES string of the molecule is C/C(=N\NC(=O)COc1ccc(Cl)cc1)C(c1ccccc1)c1ccccc1. The first-order valence-electron chi connectivity index (χ1n) is 8.95. The molecule has 3 rings (SSSR count). The molecule has 0 fully saturated rings. The quantitative estimate of drug-likeness (QED) is 0.452. The lowest BCUT2D eigenvalue weighted by Crippen LogP contribution is -2.26. The molecule has 0 saturated carbocycles. The number of nitrogens with zero attached hydrogens (tertiary/aromatic N) is 1. The summed E-state index contributed by atoms with van der Waals surface area (Å²) in [4.78, 5) is 12.1. The number of rotatable bonds is 7. The van der Waals surface area contributed by atoms with Crippen molar-refractivity contribution in [3.05, 3.63) is 101 Å². The Bertz CT molecular complexity index is 886. The van der Waals surface area contributed by atoms with E-state index in [9.17, 15) is 4.79 Å². The number of ether oxygens (including phenoxy) is 1. The maximum atomic E-state index is 12.1. The molecule has 0 heterocycles. The Hall–Kier alpha value is -3.11. The van der Waals surface area contributed by atoms with Gasteiger partial charge in [0.05, 0.1) is 0 Å². The minimum absolute atomic E-state index is 0.0418. The van der Waals surface area contributed by atoms with Gasteiger partial charge in [-0.25, -0.2) is 5.43 Å². The van der Waals surface area contributed by atoms with Gasteiger partial charge in [0.2, 0.25) is 0 Å². The van der Waals surface area contributed by atoms with Crippen molar-refractivity contribution in [2.45, 2.75) is 12.8 Å². The highest BCUT2D eigenvalue weighted by molar-refractivity contribution is 6.30. The summed E-state index contributed by atoms with van der Waals surface area (Å²) >= 11 is 5.84. The molecule has 28 heavy (non-hydrogen) atoms. The number of carbonyl (C=O) groups excluding carboxylic acids is 1. The topological polar surface area (TPSA) is 50.7 Å². The largest absolute Gasteiger partial charge is 0.484 e. The van der Waals surface area contributed by atoms with Crippen LogP contribution in [0.2, 0.25) is 5.02 Å². The Kier molecular flexibility index (Phi) is 6.82. The number of halogens is 1. The molecule has 0 aliphatic carbocycles. The van der Waals surface area contributed by atoms with E-state index in [0.717, 1.165) is 16.8 Å². The molecule has 5 heteroatoms. The van der Waals surface area contributed by atoms with Crippen LogP contribution in [0.1, 0.15) is 24.0 Å². The summed E-state index contributed by atoms with van der Waals surface area (Å²) in [5.74, 6) is 0.209. The third-order valence-electron chi connectivity index (χ3n) is 4.22. The summed E-state index contributed by atoms with van der Waals surface area (Å²) in [5.41, 5.74) is 5.60. The van der Waals surface area contributed by atoms with Crippen molar-refractivity contribution in [1.29, 1.82) is 0 Å². The molecule has 0 unspecified atom stereocenters. The number of nitrogens with one attached hydrogen (secondary N) is 1. The van der Waals surface area contributed by atoms with Crippen molar-refractivity contribution >= 4 is 23.2 Å². The van der Waals surface area contributed by atoms with E-state index in [1.54, 1.807) is 24.3 Å². The standard InChI is InChI=1S/C23H21ClN2O2/c1-17(25-26-22(27)16-28-21-14-12-20(24)13-15-21)23(18-8-4-2-5-9-18)19-10-6-3-7-11-19/h2-15,23H,16H2,1H3,(H,26,27)/b25-17+. The minimum Gasteiger partial charge on any atom is -0.484 e. The average Bonchev–Trinajstić information content (AvgIpc) is 2.73. The summed E-state index contributed by atoms with van der Waals surface area (Å²) in [5, 5.41) is 4.94. The fraction of sp³-hybridized carbons (Fsp3) is 0.130. The van der Waals surface area contributed by atoms with Gasteiger partial charge in [0.1, 0.15) is 5.75 Å². The summed E-state index contributed by atoms with van der Waals surface area (Å²) < 4.78 is 5.44. The normalized spacial score (nSPS) is 11.3. The lowest BCUT2D eigenvalue weighted by Gasteiger charge is -2.18. The lowest BCUT2D eigenvalue weighted by atomic mass is 9.88. The smallest absolute Gasteiger partial charge is 0.277 e. The van der Waals surface area contributed by atoms with E-state index in [-0.39, 0.29) is 18.4 Å². The molecule has 3 aromatic rings. The minimum atomic E-state index is -0.325. The second-order valence-corrected chi connectivity index (χ2v) is 6.72. The van der Waals surface area contributed by atoms with Gasteiger partial charge in [-0.05, 0) is 42.3 Å². The molecule has 0 aliphatic rings. The van der Waals surface area contributed by atoms with Crippen molar-refractivity contribution in [3.63, 3.8) is 0 Å². The molecule has 0 bridgehead atoms. The maximum Gasteiger partial charge on any atom is 0.277 e. The van der Waals surface area contributed by atoms with Crippen LogP contribution in [0.25, 0.3) is 0 Å². The zero-order valence-electron chi connectivity index (χ0n) is 15.5. The zero-order valence-corrected chi connectivity index (χ0v) is 16.3. The van der Waals surface area contributed by atoms with Crippen LogP contribution in [0.15, 0.2) is 90.0 Å². The second kappa shape index (κ2) is 9.72. The van der Waals surface area contributed by atoms with Crippen LogP contribution in [0.5, 0.6) is 5.75 Å². The molecule has 0 spiro atoms. The van der Waals surface area contributed by atoms with Gasteiger partial charge >= 0.3 is 0 Å². The molecule has 4 nitrogen and oxygen atoms in total. The number of carbonyl (C=O) groups is 1. The fourth-order valence-corrected chi connectivity index (χ4v) is 3.02. The Balaban J connectivity index is 1.68. The Labute approximate surface area is 169 Å². The van der Waals surface area contributed by atoms with Crippen LogP contribution in [0.4, 0.5) is 0 Å². The van der Waals surface area contributed by atoms with Crippen LogP contribution >= 0.6 is 11.6 Å². The third kappa shape index (κ3) is 5.44. The molecule has 0 aliphatic heterocycles. The van der Waals surface area contributed by atoms with Crippen molar-refractivity contribution in [3.8, 4) is 5.75 Å². The molecule has 0 atom stereocenters. The first kappa shape index (κ1) is 19.6. The lowest BCUT2D eigenvalue weighted by molar-refractivity contribution is -0.123. The molecule has 0 saturated heterocycles. The predicted molar refractivity (Wildman–Crippen MR) is 113 cm³/mol. The van der Waals surface area contributed by atoms with E-state index in [4.69, 9.17) is 16.3 Å². The number of hydrazone groups is 1. The number of hydrogen-bond acceptors (Lipinski definition) is 3. The van der Waals surface area contributed by atoms with Gasteiger partial charge in [0, 0.05) is 16.7 Å². The maximum absolute atomic E-state index is 12.1. The summed E-state index contributed by atoms with van der Waals surface area (Å²) in [6, 6.07) is 27.0. The van der Waals surface area contributed by atoms with Crippen LogP contribution in [-0.2, 0) is 4.79 Å². The average molecular weight is 393 g/mol. The summed E-state index contributed by atoms with van der Waals surface area (Å²) in [6.07, 6.45) is 0. The van der Waals surface area contributed by atoms with Crippen LogP contribution < -0.4 is 10.2 Å². The van der Waals surface area contributed by atoms with E-state index < -0.39 is 0 Å². The molecule has 142 valence electrons. The molecular formula is C23H21ClN2O2. The van der Waals surface area contributed by atoms with Crippen LogP contribution in [-0.4, -0.2) is 18.2 Å². The monoisotopic (exact) mass is 392 g/mol. The number of benzene rings is 3. The van der Waals surface area contributed by atoms with E-state index in [2.05, 4.69) is 34.8 Å². The van der Waals surface area contributed by atoms with Crippen molar-refractivity contribution in [1.82, 2.24) is 5.43 Å². The Morgan fingerprint density at radius 1 is 0.929 bits per heavy atom. The Morgan fingerprint density at radius 2 is 1.46 bits per heavy atom. The van der Waals surface area contributed by atoms with E-state index in [1.807, 2.05) is 43.3 Å². The van der Waals surface area contributed by atoms with Gasteiger partial charge in [-0.1, -0.05) is 72.3 Å². The molecule has 0 aromatic heterocycles. The highest BCUT2D eigenvalue weighted by atomic mass is 35.5. The first-order valence-corrected chi connectivity index (χ1v) is 9.32.